The van der Waals surface area contributed by atoms with Gasteiger partial charge in [0, 0.05) is 22.6 Å². The smallest absolute Gasteiger partial charge is 0.123 e. The summed E-state index contributed by atoms with van der Waals surface area (Å²) >= 11 is 0. The lowest BCUT2D eigenvalue weighted by Crippen LogP contribution is -2.11. The van der Waals surface area contributed by atoms with E-state index in [1.54, 1.807) is 0 Å². The highest BCUT2D eigenvalue weighted by Crippen LogP contribution is 2.44. The molecule has 0 unspecified atom stereocenters. The second-order valence-electron chi connectivity index (χ2n) is 8.65. The molecule has 0 N–H and O–H groups in total. The first-order valence-electron chi connectivity index (χ1n) is 12.9. The van der Waals surface area contributed by atoms with Gasteiger partial charge in [-0.2, -0.15) is 0 Å². The van der Waals surface area contributed by atoms with Crippen LogP contribution >= 0.6 is 0 Å². The van der Waals surface area contributed by atoms with Gasteiger partial charge in [-0.1, -0.05) is 94.6 Å². The Morgan fingerprint density at radius 3 is 1.06 bits per heavy atom. The highest BCUT2D eigenvalue weighted by molar-refractivity contribution is 5.56. The van der Waals surface area contributed by atoms with E-state index < -0.39 is 0 Å². The summed E-state index contributed by atoms with van der Waals surface area (Å²) in [7, 11) is 0. The Balaban J connectivity index is 2.11. The summed E-state index contributed by atoms with van der Waals surface area (Å²) < 4.78 is 18.9. The predicted octanol–water partition coefficient (Wildman–Crippen LogP) is 8.40. The van der Waals surface area contributed by atoms with Gasteiger partial charge in [0.25, 0.3) is 0 Å². The third kappa shape index (κ3) is 7.03. The van der Waals surface area contributed by atoms with Gasteiger partial charge in [0.1, 0.15) is 17.2 Å². The van der Waals surface area contributed by atoms with E-state index in [-0.39, 0.29) is 5.92 Å². The molecule has 34 heavy (non-hydrogen) atoms. The van der Waals surface area contributed by atoms with E-state index >= 15 is 0 Å². The highest BCUT2D eigenvalue weighted by atomic mass is 16.5. The first-order valence-corrected chi connectivity index (χ1v) is 12.9. The first kappa shape index (κ1) is 25.7. The number of unbranched alkanes of at least 4 members (excludes halogenated alkanes) is 3. The molecule has 3 aromatic rings. The Morgan fingerprint density at radius 2 is 0.765 bits per heavy atom. The SMILES string of the molecule is CCCCOc1ccccc1C(c1ccccc1OCCCC)c1ccccc1OCCCC. The minimum atomic E-state index is -0.0616. The average Bonchev–Trinajstić information content (AvgIpc) is 2.87. The lowest BCUT2D eigenvalue weighted by atomic mass is 9.83. The second-order valence-corrected chi connectivity index (χ2v) is 8.65. The van der Waals surface area contributed by atoms with Gasteiger partial charge in [-0.05, 0) is 37.5 Å². The number of benzene rings is 3. The summed E-state index contributed by atoms with van der Waals surface area (Å²) in [5.74, 6) is 2.71. The van der Waals surface area contributed by atoms with Crippen LogP contribution in [0.25, 0.3) is 0 Å². The molecule has 0 aliphatic heterocycles. The third-order valence-electron chi connectivity index (χ3n) is 5.96. The van der Waals surface area contributed by atoms with E-state index in [2.05, 4.69) is 93.6 Å². The molecule has 0 atom stereocenters. The highest BCUT2D eigenvalue weighted by Gasteiger charge is 2.26. The van der Waals surface area contributed by atoms with Gasteiger partial charge in [0.2, 0.25) is 0 Å². The molecular formula is C31H40O3. The molecule has 0 amide bonds. The summed E-state index contributed by atoms with van der Waals surface area (Å²) in [6.07, 6.45) is 6.42. The summed E-state index contributed by atoms with van der Waals surface area (Å²) in [5.41, 5.74) is 3.41. The molecule has 3 rings (SSSR count). The Labute approximate surface area is 206 Å². The van der Waals surface area contributed by atoms with Crippen molar-refractivity contribution in [3.05, 3.63) is 89.5 Å². The van der Waals surface area contributed by atoms with Gasteiger partial charge >= 0.3 is 0 Å². The molecule has 3 heteroatoms. The quantitative estimate of drug-likeness (QED) is 0.168. The van der Waals surface area contributed by atoms with Crippen molar-refractivity contribution in [1.29, 1.82) is 0 Å². The molecule has 0 bridgehead atoms. The zero-order valence-corrected chi connectivity index (χ0v) is 21.1. The maximum Gasteiger partial charge on any atom is 0.123 e. The normalized spacial score (nSPS) is 10.9. The van der Waals surface area contributed by atoms with Gasteiger partial charge in [-0.25, -0.2) is 0 Å². The van der Waals surface area contributed by atoms with Gasteiger partial charge in [-0.15, -0.1) is 0 Å². The Kier molecular flexibility index (Phi) is 10.8. The van der Waals surface area contributed by atoms with Gasteiger partial charge in [0.05, 0.1) is 19.8 Å². The number of rotatable bonds is 15. The van der Waals surface area contributed by atoms with Crippen molar-refractivity contribution in [3.63, 3.8) is 0 Å². The van der Waals surface area contributed by atoms with E-state index in [1.807, 2.05) is 0 Å². The molecule has 0 fully saturated rings. The van der Waals surface area contributed by atoms with Crippen LogP contribution in [0.15, 0.2) is 72.8 Å². The van der Waals surface area contributed by atoms with Crippen molar-refractivity contribution < 1.29 is 14.2 Å². The van der Waals surface area contributed by atoms with E-state index in [1.165, 1.54) is 0 Å². The lowest BCUT2D eigenvalue weighted by Gasteiger charge is -2.26. The van der Waals surface area contributed by atoms with Crippen LogP contribution in [0, 0.1) is 0 Å². The van der Waals surface area contributed by atoms with Crippen molar-refractivity contribution in [2.45, 2.75) is 65.2 Å². The zero-order valence-electron chi connectivity index (χ0n) is 21.1. The van der Waals surface area contributed by atoms with Crippen molar-refractivity contribution in [2.75, 3.05) is 19.8 Å². The number of hydrogen-bond donors (Lipinski definition) is 0. The van der Waals surface area contributed by atoms with Crippen LogP contribution in [0.2, 0.25) is 0 Å². The summed E-state index contributed by atoms with van der Waals surface area (Å²) in [6.45, 7) is 8.69. The van der Waals surface area contributed by atoms with E-state index in [0.717, 1.165) is 72.5 Å². The van der Waals surface area contributed by atoms with Crippen molar-refractivity contribution in [2.24, 2.45) is 0 Å². The Morgan fingerprint density at radius 1 is 0.471 bits per heavy atom. The molecule has 0 spiro atoms. The molecule has 0 saturated carbocycles. The lowest BCUT2D eigenvalue weighted by molar-refractivity contribution is 0.298. The maximum absolute atomic E-state index is 6.30. The van der Waals surface area contributed by atoms with Gasteiger partial charge in [-0.3, -0.25) is 0 Å². The summed E-state index contributed by atoms with van der Waals surface area (Å²) in [6, 6.07) is 25.2. The predicted molar refractivity (Wildman–Crippen MR) is 141 cm³/mol. The molecule has 3 nitrogen and oxygen atoms in total. The molecule has 0 aromatic heterocycles. The molecule has 0 saturated heterocycles. The largest absolute Gasteiger partial charge is 0.493 e. The van der Waals surface area contributed by atoms with Crippen molar-refractivity contribution in [1.82, 2.24) is 0 Å². The van der Waals surface area contributed by atoms with Gasteiger partial charge in [0.15, 0.2) is 0 Å². The van der Waals surface area contributed by atoms with Crippen LogP contribution in [0.1, 0.15) is 81.9 Å². The van der Waals surface area contributed by atoms with Crippen LogP contribution < -0.4 is 14.2 Å². The molecule has 0 radical (unpaired) electrons. The molecule has 0 aliphatic carbocycles. The van der Waals surface area contributed by atoms with Gasteiger partial charge < -0.3 is 14.2 Å². The molecular weight excluding hydrogens is 420 g/mol. The zero-order chi connectivity index (χ0) is 24.0. The fraction of sp³-hybridized carbons (Fsp3) is 0.419. The minimum absolute atomic E-state index is 0.0616. The molecule has 0 aliphatic rings. The second kappa shape index (κ2) is 14.3. The minimum Gasteiger partial charge on any atom is -0.493 e. The standard InChI is InChI=1S/C31H40O3/c1-4-7-22-32-28-19-13-10-16-25(28)31(26-17-11-14-20-29(26)33-23-8-5-2)27-18-12-15-21-30(27)34-24-9-6-3/h10-21,31H,4-9,22-24H2,1-3H3. The number of ether oxygens (including phenoxy) is 3. The van der Waals surface area contributed by atoms with Crippen molar-refractivity contribution in [3.8, 4) is 17.2 Å². The molecule has 0 heterocycles. The molecule has 3 aromatic carbocycles. The monoisotopic (exact) mass is 460 g/mol. The fourth-order valence-electron chi connectivity index (χ4n) is 4.03. The van der Waals surface area contributed by atoms with Crippen LogP contribution in [0.5, 0.6) is 17.2 Å². The Hall–Kier alpha value is -2.94. The van der Waals surface area contributed by atoms with Crippen molar-refractivity contribution >= 4 is 0 Å². The van der Waals surface area contributed by atoms with Crippen LogP contribution in [-0.4, -0.2) is 19.8 Å². The van der Waals surface area contributed by atoms with E-state index in [4.69, 9.17) is 14.2 Å². The fourth-order valence-corrected chi connectivity index (χ4v) is 4.03. The van der Waals surface area contributed by atoms with E-state index in [0.29, 0.717) is 19.8 Å². The summed E-state index contributed by atoms with van der Waals surface area (Å²) in [4.78, 5) is 0. The van der Waals surface area contributed by atoms with E-state index in [9.17, 15) is 0 Å². The molecule has 182 valence electrons. The average molecular weight is 461 g/mol. The van der Waals surface area contributed by atoms with Crippen LogP contribution in [-0.2, 0) is 0 Å². The topological polar surface area (TPSA) is 27.7 Å². The first-order chi connectivity index (χ1) is 16.8. The Bertz CT molecular complexity index is 854. The maximum atomic E-state index is 6.30. The number of para-hydroxylation sites is 3. The number of hydrogen-bond acceptors (Lipinski definition) is 3. The van der Waals surface area contributed by atoms with Crippen LogP contribution in [0.4, 0.5) is 0 Å². The third-order valence-corrected chi connectivity index (χ3v) is 5.96. The summed E-state index contributed by atoms with van der Waals surface area (Å²) in [5, 5.41) is 0. The van der Waals surface area contributed by atoms with Crippen LogP contribution in [0.3, 0.4) is 0 Å².